The van der Waals surface area contributed by atoms with Crippen LogP contribution in [-0.2, 0) is 11.0 Å². The summed E-state index contributed by atoms with van der Waals surface area (Å²) < 4.78 is 38.6. The maximum absolute atomic E-state index is 12.9. The van der Waals surface area contributed by atoms with Crippen molar-refractivity contribution < 1.29 is 18.0 Å². The monoisotopic (exact) mass is 427 g/mol. The molecule has 0 aliphatic carbocycles. The second-order valence-electron chi connectivity index (χ2n) is 7.13. The van der Waals surface area contributed by atoms with E-state index in [1.807, 2.05) is 24.8 Å². The molecule has 2 aromatic rings. The fourth-order valence-electron chi connectivity index (χ4n) is 3.12. The van der Waals surface area contributed by atoms with Gasteiger partial charge in [-0.1, -0.05) is 11.6 Å². The van der Waals surface area contributed by atoms with Crippen LogP contribution in [0.5, 0.6) is 0 Å². The number of aryl methyl sites for hydroxylation is 2. The van der Waals surface area contributed by atoms with Crippen molar-refractivity contribution in [3.63, 3.8) is 0 Å². The molecule has 0 spiro atoms. The van der Waals surface area contributed by atoms with Crippen LogP contribution < -0.4 is 10.2 Å². The molecule has 0 unspecified atom stereocenters. The maximum atomic E-state index is 12.9. The molecule has 1 aromatic heterocycles. The van der Waals surface area contributed by atoms with Crippen LogP contribution in [0.4, 0.5) is 24.7 Å². The van der Waals surface area contributed by atoms with E-state index in [0.717, 1.165) is 29.7 Å². The third-order valence-corrected chi connectivity index (χ3v) is 5.05. The van der Waals surface area contributed by atoms with Crippen LogP contribution in [-0.4, -0.2) is 53.5 Å². The fraction of sp³-hybridized carbons (Fsp3) is 0.421. The van der Waals surface area contributed by atoms with Crippen molar-refractivity contribution >= 4 is 29.0 Å². The smallest absolute Gasteiger partial charge is 0.353 e. The zero-order chi connectivity index (χ0) is 21.3. The highest BCUT2D eigenvalue weighted by Gasteiger charge is 2.33. The first-order valence-electron chi connectivity index (χ1n) is 8.97. The largest absolute Gasteiger partial charge is 0.416 e. The highest BCUT2D eigenvalue weighted by atomic mass is 35.5. The van der Waals surface area contributed by atoms with Crippen molar-refractivity contribution in [1.29, 1.82) is 0 Å². The first-order valence-corrected chi connectivity index (χ1v) is 9.35. The van der Waals surface area contributed by atoms with Gasteiger partial charge in [0, 0.05) is 30.9 Å². The Hall–Kier alpha value is -2.39. The molecule has 1 aliphatic heterocycles. The van der Waals surface area contributed by atoms with Gasteiger partial charge in [-0.3, -0.25) is 9.69 Å². The van der Waals surface area contributed by atoms with E-state index in [9.17, 15) is 18.0 Å². The Kier molecular flexibility index (Phi) is 6.00. The van der Waals surface area contributed by atoms with E-state index >= 15 is 0 Å². The van der Waals surface area contributed by atoms with E-state index in [1.165, 1.54) is 0 Å². The average molecular weight is 428 g/mol. The molecule has 1 aliphatic rings. The van der Waals surface area contributed by atoms with Crippen LogP contribution in [0.1, 0.15) is 17.1 Å². The summed E-state index contributed by atoms with van der Waals surface area (Å²) in [4.78, 5) is 24.9. The van der Waals surface area contributed by atoms with Crippen molar-refractivity contribution in [3.05, 3.63) is 46.4 Å². The molecule has 3 rings (SSSR count). The van der Waals surface area contributed by atoms with Gasteiger partial charge < -0.3 is 10.2 Å². The molecule has 1 fully saturated rings. The van der Waals surface area contributed by atoms with E-state index in [2.05, 4.69) is 20.2 Å². The number of carbonyl (C=O) groups is 1. The number of likely N-dealkylation sites (N-methyl/N-ethyl adjacent to an activating group) is 1. The third-order valence-electron chi connectivity index (χ3n) is 4.72. The molecule has 6 nitrogen and oxygen atoms in total. The molecule has 29 heavy (non-hydrogen) atoms. The predicted molar refractivity (Wildman–Crippen MR) is 105 cm³/mol. The number of halogens is 4. The van der Waals surface area contributed by atoms with Crippen molar-refractivity contribution in [2.24, 2.45) is 0 Å². The lowest BCUT2D eigenvalue weighted by atomic mass is 10.1. The van der Waals surface area contributed by atoms with E-state index in [4.69, 9.17) is 11.6 Å². The lowest BCUT2D eigenvalue weighted by Gasteiger charge is -2.44. The first kappa shape index (κ1) is 21.3. The highest BCUT2D eigenvalue weighted by Crippen LogP contribution is 2.33. The normalized spacial score (nSPS) is 14.8. The molecule has 1 saturated heterocycles. The van der Waals surface area contributed by atoms with Gasteiger partial charge in [-0.25, -0.2) is 9.97 Å². The van der Waals surface area contributed by atoms with E-state index in [1.54, 1.807) is 7.05 Å². The number of anilines is 2. The quantitative estimate of drug-likeness (QED) is 0.791. The number of nitrogens with one attached hydrogen (secondary N) is 1. The summed E-state index contributed by atoms with van der Waals surface area (Å²) in [6.45, 7) is 5.18. The van der Waals surface area contributed by atoms with Gasteiger partial charge in [0.25, 0.3) is 0 Å². The van der Waals surface area contributed by atoms with Crippen molar-refractivity contribution in [2.75, 3.05) is 36.9 Å². The molecule has 1 amide bonds. The lowest BCUT2D eigenvalue weighted by Crippen LogP contribution is -2.59. The summed E-state index contributed by atoms with van der Waals surface area (Å²) in [6.07, 6.45) is -4.51. The van der Waals surface area contributed by atoms with E-state index in [0.29, 0.717) is 18.9 Å². The number of rotatable bonds is 5. The van der Waals surface area contributed by atoms with Crippen LogP contribution in [0.2, 0.25) is 5.02 Å². The average Bonchev–Trinajstić information content (AvgIpc) is 2.53. The van der Waals surface area contributed by atoms with Crippen molar-refractivity contribution in [3.8, 4) is 0 Å². The summed E-state index contributed by atoms with van der Waals surface area (Å²) in [5.41, 5.74) is -0.0284. The SMILES string of the molecule is Cc1cc(N2CC(N(C)CC(=O)Nc3cc(C(F)(F)F)ccc3Cl)C2)nc(C)n1. The number of benzene rings is 1. The van der Waals surface area contributed by atoms with Gasteiger partial charge in [0.05, 0.1) is 22.8 Å². The van der Waals surface area contributed by atoms with Crippen LogP contribution >= 0.6 is 11.6 Å². The fourth-order valence-corrected chi connectivity index (χ4v) is 3.29. The molecule has 0 saturated carbocycles. The number of amides is 1. The van der Waals surface area contributed by atoms with E-state index < -0.39 is 17.6 Å². The first-order chi connectivity index (χ1) is 13.5. The van der Waals surface area contributed by atoms with Crippen LogP contribution in [0, 0.1) is 13.8 Å². The zero-order valence-corrected chi connectivity index (χ0v) is 17.0. The summed E-state index contributed by atoms with van der Waals surface area (Å²) in [5, 5.41) is 2.52. The van der Waals surface area contributed by atoms with Gasteiger partial charge in [0.15, 0.2) is 0 Å². The molecule has 2 heterocycles. The van der Waals surface area contributed by atoms with Crippen LogP contribution in [0.3, 0.4) is 0 Å². The third kappa shape index (κ3) is 5.16. The van der Waals surface area contributed by atoms with Crippen molar-refractivity contribution in [1.82, 2.24) is 14.9 Å². The number of nitrogens with zero attached hydrogens (tertiary/aromatic N) is 4. The Bertz CT molecular complexity index is 895. The Balaban J connectivity index is 1.55. The Morgan fingerprint density at radius 1 is 1.28 bits per heavy atom. The van der Waals surface area contributed by atoms with Gasteiger partial charge in [-0.2, -0.15) is 13.2 Å². The maximum Gasteiger partial charge on any atom is 0.416 e. The number of carbonyl (C=O) groups excluding carboxylic acids is 1. The summed E-state index contributed by atoms with van der Waals surface area (Å²) in [5.74, 6) is 1.12. The van der Waals surface area contributed by atoms with Crippen LogP contribution in [0.15, 0.2) is 24.3 Å². The standard InChI is InChI=1S/C19H21ClF3N5O/c1-11-6-17(25-12(2)24-11)28-8-14(9-28)27(3)10-18(29)26-16-7-13(19(21,22)23)4-5-15(16)20/h4-7,14H,8-10H2,1-3H3,(H,26,29). The summed E-state index contributed by atoms with van der Waals surface area (Å²) >= 11 is 5.93. The minimum absolute atomic E-state index is 0.0346. The van der Waals surface area contributed by atoms with Crippen molar-refractivity contribution in [2.45, 2.75) is 26.1 Å². The Morgan fingerprint density at radius 2 is 1.97 bits per heavy atom. The van der Waals surface area contributed by atoms with Gasteiger partial charge in [-0.05, 0) is 39.1 Å². The minimum Gasteiger partial charge on any atom is -0.353 e. The summed E-state index contributed by atoms with van der Waals surface area (Å²) in [6, 6.07) is 4.88. The minimum atomic E-state index is -4.51. The predicted octanol–water partition coefficient (Wildman–Crippen LogP) is 3.52. The molecule has 0 atom stereocenters. The number of alkyl halides is 3. The molecular weight excluding hydrogens is 407 g/mol. The molecular formula is C19H21ClF3N5O. The molecule has 1 N–H and O–H groups in total. The Labute approximate surface area is 171 Å². The van der Waals surface area contributed by atoms with E-state index in [-0.39, 0.29) is 23.3 Å². The number of hydrogen-bond acceptors (Lipinski definition) is 5. The second-order valence-corrected chi connectivity index (χ2v) is 7.54. The number of hydrogen-bond donors (Lipinski definition) is 1. The molecule has 0 bridgehead atoms. The highest BCUT2D eigenvalue weighted by molar-refractivity contribution is 6.33. The van der Waals surface area contributed by atoms with Crippen LogP contribution in [0.25, 0.3) is 0 Å². The molecule has 0 radical (unpaired) electrons. The molecule has 10 heteroatoms. The zero-order valence-electron chi connectivity index (χ0n) is 16.2. The second kappa shape index (κ2) is 8.16. The summed E-state index contributed by atoms with van der Waals surface area (Å²) in [7, 11) is 1.80. The van der Waals surface area contributed by atoms with Gasteiger partial charge in [0.1, 0.15) is 11.6 Å². The van der Waals surface area contributed by atoms with Gasteiger partial charge in [-0.15, -0.1) is 0 Å². The molecule has 1 aromatic carbocycles. The van der Waals surface area contributed by atoms with Gasteiger partial charge in [0.2, 0.25) is 5.91 Å². The lowest BCUT2D eigenvalue weighted by molar-refractivity contribution is -0.137. The van der Waals surface area contributed by atoms with Gasteiger partial charge >= 0.3 is 6.18 Å². The Morgan fingerprint density at radius 3 is 2.59 bits per heavy atom. The topological polar surface area (TPSA) is 61.4 Å². The molecule has 156 valence electrons. The number of aromatic nitrogens is 2.